The van der Waals surface area contributed by atoms with Crippen molar-refractivity contribution in [3.63, 3.8) is 0 Å². The first-order valence-corrected chi connectivity index (χ1v) is 11.8. The van der Waals surface area contributed by atoms with Crippen molar-refractivity contribution in [2.24, 2.45) is 0 Å². The molecule has 37 heteroatoms. The first-order valence-electron chi connectivity index (χ1n) is 10.4. The average Bonchev–Trinajstić information content (AvgIpc) is 2.84. The molecule has 0 aromatic rings. The van der Waals surface area contributed by atoms with Crippen LogP contribution >= 0.6 is 0 Å². The van der Waals surface area contributed by atoms with Crippen LogP contribution in [-0.4, -0.2) is 102 Å². The molecule has 0 saturated carbocycles. The van der Waals surface area contributed by atoms with Crippen molar-refractivity contribution < 1.29 is 159 Å². The molecule has 0 radical (unpaired) electrons. The maximum absolute atomic E-state index is 13.7. The van der Waals surface area contributed by atoms with E-state index in [2.05, 4.69) is 0 Å². The monoisotopic (exact) mass is 882 g/mol. The quantitative estimate of drug-likeness (QED) is 0.124. The van der Waals surface area contributed by atoms with Crippen LogP contribution in [0.5, 0.6) is 0 Å². The van der Waals surface area contributed by atoms with Crippen molar-refractivity contribution in [2.75, 3.05) is 0 Å². The van der Waals surface area contributed by atoms with Gasteiger partial charge in [0.1, 0.15) is 0 Å². The van der Waals surface area contributed by atoms with Crippen LogP contribution in [0.25, 0.3) is 0 Å². The van der Waals surface area contributed by atoms with Gasteiger partial charge in [-0.3, -0.25) is 4.55 Å². The van der Waals surface area contributed by atoms with Crippen molar-refractivity contribution in [3.05, 3.63) is 0 Å². The Morgan fingerprint density at radius 1 is 0.288 bits per heavy atom. The molecule has 0 bridgehead atoms. The van der Waals surface area contributed by atoms with E-state index in [-0.39, 0.29) is 0 Å². The molecule has 314 valence electrons. The van der Waals surface area contributed by atoms with Crippen molar-refractivity contribution in [3.8, 4) is 0 Å². The Morgan fingerprint density at radius 3 is 0.692 bits per heavy atom. The second-order valence-corrected chi connectivity index (χ2v) is 10.4. The average molecular weight is 882 g/mol. The van der Waals surface area contributed by atoms with Crippen LogP contribution in [0, 0.1) is 0 Å². The number of hydrogen-bond donors (Lipinski definition) is 1. The van der Waals surface area contributed by atoms with Gasteiger partial charge in [0.2, 0.25) is 0 Å². The number of ether oxygens (including phenoxy) is 2. The third-order valence-corrected chi connectivity index (χ3v) is 6.29. The molecule has 0 atom stereocenters. The lowest BCUT2D eigenvalue weighted by Gasteiger charge is -2.44. The number of rotatable bonds is 16. The summed E-state index contributed by atoms with van der Waals surface area (Å²) in [6.07, 6.45) is -43.3. The van der Waals surface area contributed by atoms with Gasteiger partial charge >= 0.3 is 99.3 Å². The second-order valence-electron chi connectivity index (χ2n) is 8.93. The molecule has 0 unspecified atom stereocenters. The highest BCUT2D eigenvalue weighted by atomic mass is 32.2. The molecule has 0 rings (SSSR count). The van der Waals surface area contributed by atoms with Gasteiger partial charge in [0, 0.05) is 0 Å². The van der Waals surface area contributed by atoms with Crippen LogP contribution in [0.15, 0.2) is 0 Å². The molecule has 0 aromatic carbocycles. The van der Waals surface area contributed by atoms with Crippen molar-refractivity contribution in [1.29, 1.82) is 0 Å². The number of hydrogen-bond acceptors (Lipinski definition) is 4. The zero-order valence-electron chi connectivity index (χ0n) is 21.7. The zero-order valence-corrected chi connectivity index (χ0v) is 22.5. The van der Waals surface area contributed by atoms with E-state index in [4.69, 9.17) is 4.55 Å². The molecule has 5 nitrogen and oxygen atoms in total. The summed E-state index contributed by atoms with van der Waals surface area (Å²) in [6.45, 7) is 0. The summed E-state index contributed by atoms with van der Waals surface area (Å²) < 4.78 is 439. The maximum Gasteiger partial charge on any atom is 0.460 e. The van der Waals surface area contributed by atoms with Crippen LogP contribution in [0.2, 0.25) is 0 Å². The summed E-state index contributed by atoms with van der Waals surface area (Å²) in [5, 5.41) is -7.91. The van der Waals surface area contributed by atoms with E-state index in [1.54, 1.807) is 0 Å². The van der Waals surface area contributed by atoms with E-state index in [1.165, 1.54) is 0 Å². The molecule has 1 N–H and O–H groups in total. The van der Waals surface area contributed by atoms with Gasteiger partial charge in [0.25, 0.3) is 0 Å². The minimum absolute atomic E-state index is 0.687. The predicted molar refractivity (Wildman–Crippen MR) is 89.0 cm³/mol. The molecule has 0 fully saturated rings. The Kier molecular flexibility index (Phi) is 11.5. The molecular weight excluding hydrogens is 881 g/mol. The van der Waals surface area contributed by atoms with E-state index in [9.17, 15) is 145 Å². The minimum Gasteiger partial charge on any atom is -0.281 e. The van der Waals surface area contributed by atoms with Gasteiger partial charge in [-0.1, -0.05) is 0 Å². The van der Waals surface area contributed by atoms with Crippen molar-refractivity contribution in [1.82, 2.24) is 0 Å². The lowest BCUT2D eigenvalue weighted by Crippen LogP contribution is -2.77. The van der Waals surface area contributed by atoms with Crippen LogP contribution in [0.4, 0.5) is 136 Å². The summed E-state index contributed by atoms with van der Waals surface area (Å²) >= 11 is 0. The summed E-state index contributed by atoms with van der Waals surface area (Å²) in [7, 11) is -8.04. The SMILES string of the molecule is O=S(=O)(O)C(F)(F)C(F)(F)C(F)(F)OC(F)(F)C(F)(F)OC(F)(F)C(F)(F)C(F)(F)C(F)(F)C(F)(F)C(F)(F)C(F)(F)C(F)(F)C(F)(F)C(F)(F)F. The Bertz CT molecular complexity index is 1420. The second kappa shape index (κ2) is 12.1. The Labute approximate surface area is 259 Å². The van der Waals surface area contributed by atoms with Crippen LogP contribution in [0.3, 0.4) is 0 Å². The van der Waals surface area contributed by atoms with E-state index in [0.29, 0.717) is 4.74 Å². The highest BCUT2D eigenvalue weighted by Gasteiger charge is 2.98. The Balaban J connectivity index is 7.20. The smallest absolute Gasteiger partial charge is 0.281 e. The van der Waals surface area contributed by atoms with E-state index < -0.39 is 99.3 Å². The standard InChI is InChI=1S/C15HF31O5S/c16-1(17,3(20,21)5(24,25)7(28,29)10(34,35)36)2(18,19)4(22,23)6(26,27)8(30,31)11(37,38)50-13(41,42)14(43,44)51-12(39,40)9(32,33)15(45,46)52(47,48)49/h(H,47,48,49). The molecule has 0 spiro atoms. The summed E-state index contributed by atoms with van der Waals surface area (Å²) in [6, 6.07) is 0. The van der Waals surface area contributed by atoms with Crippen molar-refractivity contribution in [2.45, 2.75) is 89.2 Å². The van der Waals surface area contributed by atoms with E-state index in [1.807, 2.05) is 0 Å². The number of alkyl halides is 31. The van der Waals surface area contributed by atoms with Gasteiger partial charge in [-0.25, -0.2) is 9.47 Å². The molecular formula is C15HF31O5S. The first-order chi connectivity index (χ1) is 21.7. The fourth-order valence-electron chi connectivity index (χ4n) is 2.44. The summed E-state index contributed by atoms with van der Waals surface area (Å²) in [5.41, 5.74) is 0. The molecule has 0 amide bonds. The Hall–Kier alpha value is -2.34. The van der Waals surface area contributed by atoms with Gasteiger partial charge in [-0.15, -0.1) is 0 Å². The minimum atomic E-state index is -9.91. The van der Waals surface area contributed by atoms with Gasteiger partial charge in [0.15, 0.2) is 0 Å². The first kappa shape index (κ1) is 49.7. The maximum atomic E-state index is 13.7. The molecule has 0 aromatic heterocycles. The lowest BCUT2D eigenvalue weighted by atomic mass is 9.87. The zero-order chi connectivity index (χ0) is 43.4. The third-order valence-electron chi connectivity index (χ3n) is 5.39. The molecule has 0 aliphatic rings. The topological polar surface area (TPSA) is 72.8 Å². The molecule has 52 heavy (non-hydrogen) atoms. The highest BCUT2D eigenvalue weighted by Crippen LogP contribution is 2.67. The lowest BCUT2D eigenvalue weighted by molar-refractivity contribution is -0.555. The fourth-order valence-corrected chi connectivity index (χ4v) is 2.89. The molecule has 0 heterocycles. The molecule has 0 saturated heterocycles. The fraction of sp³-hybridized carbons (Fsp3) is 1.00. The van der Waals surface area contributed by atoms with E-state index >= 15 is 0 Å². The van der Waals surface area contributed by atoms with Crippen LogP contribution in [-0.2, 0) is 19.6 Å². The van der Waals surface area contributed by atoms with Gasteiger partial charge in [0.05, 0.1) is 0 Å². The van der Waals surface area contributed by atoms with E-state index in [0.717, 1.165) is 4.74 Å². The summed E-state index contributed by atoms with van der Waals surface area (Å²) in [5.74, 6) is -85.1. The van der Waals surface area contributed by atoms with Gasteiger partial charge in [-0.05, 0) is 0 Å². The van der Waals surface area contributed by atoms with Crippen molar-refractivity contribution >= 4 is 10.1 Å². The molecule has 0 aliphatic carbocycles. The van der Waals surface area contributed by atoms with Gasteiger partial charge in [-0.2, -0.15) is 145 Å². The Morgan fingerprint density at radius 2 is 0.481 bits per heavy atom. The van der Waals surface area contributed by atoms with Crippen LogP contribution in [0.1, 0.15) is 0 Å². The third kappa shape index (κ3) is 6.47. The van der Waals surface area contributed by atoms with Gasteiger partial charge < -0.3 is 0 Å². The number of halogens is 31. The predicted octanol–water partition coefficient (Wildman–Crippen LogP) is 9.15. The molecule has 0 aliphatic heterocycles. The largest absolute Gasteiger partial charge is 0.460 e. The normalized spacial score (nSPS) is 17.2. The summed E-state index contributed by atoms with van der Waals surface area (Å²) in [4.78, 5) is 0. The highest BCUT2D eigenvalue weighted by molar-refractivity contribution is 7.87. The van der Waals surface area contributed by atoms with Crippen LogP contribution < -0.4 is 0 Å².